The number of alkyl halides is 3. The number of amides is 2. The largest absolute Gasteiger partial charge is 0.481 e. The molecule has 4 rings (SSSR count). The number of hydrogen-bond acceptors (Lipinski definition) is 4. The molecule has 216 valence electrons. The standard InChI is InChI=1S/C29H35F3N4O4/c1-17(2)15-28(40)8-10-35(11-9-28)26(39)34-19-13-23(29(30,31)32)21-16-33-36(24(21)14-19)20-6-7-22(18(3)12-20)27(4,5)25(37)38/h6-7,12-14,16-17,40H,8-11,15H2,1-5H3,(H,34,39)(H,37,38). The first kappa shape index (κ1) is 29.4. The van der Waals surface area contributed by atoms with E-state index in [2.05, 4.69) is 10.4 Å². The van der Waals surface area contributed by atoms with Crippen LogP contribution in [0, 0.1) is 12.8 Å². The van der Waals surface area contributed by atoms with E-state index in [0.29, 0.717) is 55.1 Å². The Bertz CT molecular complexity index is 1440. The number of benzene rings is 2. The van der Waals surface area contributed by atoms with Crippen LogP contribution in [0.25, 0.3) is 16.6 Å². The van der Waals surface area contributed by atoms with Gasteiger partial charge in [-0.2, -0.15) is 18.3 Å². The third-order valence-electron chi connectivity index (χ3n) is 7.68. The fraction of sp³-hybridized carbons (Fsp3) is 0.483. The average Bonchev–Trinajstić information content (AvgIpc) is 3.26. The van der Waals surface area contributed by atoms with Crippen molar-refractivity contribution in [2.75, 3.05) is 18.4 Å². The van der Waals surface area contributed by atoms with Gasteiger partial charge in [0.1, 0.15) is 0 Å². The molecule has 0 radical (unpaired) electrons. The minimum absolute atomic E-state index is 0.0325. The number of aliphatic hydroxyl groups is 1. The van der Waals surface area contributed by atoms with Crippen molar-refractivity contribution in [2.24, 2.45) is 5.92 Å². The first-order chi connectivity index (χ1) is 18.5. The van der Waals surface area contributed by atoms with E-state index in [1.54, 1.807) is 39.0 Å². The number of aryl methyl sites for hydroxylation is 1. The summed E-state index contributed by atoms with van der Waals surface area (Å²) in [6.07, 6.45) is -2.16. The monoisotopic (exact) mass is 560 g/mol. The fourth-order valence-electron chi connectivity index (χ4n) is 5.53. The fourth-order valence-corrected chi connectivity index (χ4v) is 5.53. The zero-order chi connectivity index (χ0) is 29.6. The molecule has 1 aliphatic rings. The van der Waals surface area contributed by atoms with Crippen molar-refractivity contribution in [3.05, 3.63) is 53.2 Å². The Morgan fingerprint density at radius 1 is 1.10 bits per heavy atom. The maximum absolute atomic E-state index is 14.1. The predicted molar refractivity (Wildman–Crippen MR) is 146 cm³/mol. The molecule has 0 unspecified atom stereocenters. The topological polar surface area (TPSA) is 108 Å². The lowest BCUT2D eigenvalue weighted by atomic mass is 9.82. The van der Waals surface area contributed by atoms with Gasteiger partial charge in [-0.15, -0.1) is 0 Å². The number of anilines is 1. The van der Waals surface area contributed by atoms with Crippen LogP contribution in [0.3, 0.4) is 0 Å². The number of carboxylic acids is 1. The zero-order valence-corrected chi connectivity index (χ0v) is 23.3. The van der Waals surface area contributed by atoms with Crippen molar-refractivity contribution >= 4 is 28.6 Å². The molecule has 1 aromatic heterocycles. The summed E-state index contributed by atoms with van der Waals surface area (Å²) in [5.74, 6) is -0.701. The van der Waals surface area contributed by atoms with Crippen LogP contribution >= 0.6 is 0 Å². The van der Waals surface area contributed by atoms with Gasteiger partial charge in [0, 0.05) is 24.2 Å². The van der Waals surface area contributed by atoms with Gasteiger partial charge in [-0.3, -0.25) is 4.79 Å². The summed E-state index contributed by atoms with van der Waals surface area (Å²) in [5, 5.41) is 27.1. The highest BCUT2D eigenvalue weighted by Crippen LogP contribution is 2.38. The number of carboxylic acid groups (broad SMARTS) is 1. The van der Waals surface area contributed by atoms with Crippen LogP contribution in [0.15, 0.2) is 36.5 Å². The van der Waals surface area contributed by atoms with Gasteiger partial charge >= 0.3 is 18.2 Å². The van der Waals surface area contributed by atoms with Crippen molar-refractivity contribution in [1.29, 1.82) is 0 Å². The maximum Gasteiger partial charge on any atom is 0.417 e. The molecular formula is C29H35F3N4O4. The number of fused-ring (bicyclic) bond motifs is 1. The molecule has 11 heteroatoms. The van der Waals surface area contributed by atoms with Crippen LogP contribution in [0.1, 0.15) is 63.6 Å². The Balaban J connectivity index is 1.67. The molecule has 0 spiro atoms. The summed E-state index contributed by atoms with van der Waals surface area (Å²) in [4.78, 5) is 26.2. The van der Waals surface area contributed by atoms with E-state index in [4.69, 9.17) is 0 Å². The number of aromatic nitrogens is 2. The summed E-state index contributed by atoms with van der Waals surface area (Å²) < 4.78 is 43.6. The lowest BCUT2D eigenvalue weighted by Gasteiger charge is -2.39. The van der Waals surface area contributed by atoms with Crippen LogP contribution in [-0.2, 0) is 16.4 Å². The molecule has 1 aliphatic heterocycles. The van der Waals surface area contributed by atoms with Gasteiger partial charge in [-0.25, -0.2) is 9.48 Å². The van der Waals surface area contributed by atoms with Gasteiger partial charge in [0.2, 0.25) is 0 Å². The normalized spacial score (nSPS) is 16.0. The molecule has 2 amide bonds. The number of aliphatic carboxylic acids is 1. The Morgan fingerprint density at radius 2 is 1.75 bits per heavy atom. The number of carbonyl (C=O) groups excluding carboxylic acids is 1. The van der Waals surface area contributed by atoms with E-state index >= 15 is 0 Å². The minimum atomic E-state index is -4.70. The minimum Gasteiger partial charge on any atom is -0.481 e. The molecule has 0 saturated carbocycles. The van der Waals surface area contributed by atoms with Crippen molar-refractivity contribution in [3.8, 4) is 5.69 Å². The second-order valence-electron chi connectivity index (χ2n) is 11.7. The molecule has 1 saturated heterocycles. The molecule has 0 aliphatic carbocycles. The van der Waals surface area contributed by atoms with E-state index in [9.17, 15) is 33.0 Å². The number of piperidine rings is 1. The van der Waals surface area contributed by atoms with Gasteiger partial charge < -0.3 is 20.4 Å². The summed E-state index contributed by atoms with van der Waals surface area (Å²) in [6.45, 7) is 9.52. The number of halogens is 3. The molecular weight excluding hydrogens is 525 g/mol. The molecule has 2 aromatic carbocycles. The predicted octanol–water partition coefficient (Wildman–Crippen LogP) is 6.12. The maximum atomic E-state index is 14.1. The SMILES string of the molecule is Cc1cc(-n2ncc3c(C(F)(F)F)cc(NC(=O)N4CCC(O)(CC(C)C)CC4)cc32)ccc1C(C)(C)C(=O)O. The molecule has 3 aromatic rings. The van der Waals surface area contributed by atoms with Gasteiger partial charge in [-0.1, -0.05) is 19.9 Å². The van der Waals surface area contributed by atoms with Gasteiger partial charge in [-0.05, 0) is 81.3 Å². The van der Waals surface area contributed by atoms with Crippen LogP contribution in [0.2, 0.25) is 0 Å². The quantitative estimate of drug-likeness (QED) is 0.337. The number of hydrogen-bond donors (Lipinski definition) is 3. The van der Waals surface area contributed by atoms with Gasteiger partial charge in [0.15, 0.2) is 0 Å². The summed E-state index contributed by atoms with van der Waals surface area (Å²) in [7, 11) is 0. The Hall–Kier alpha value is -3.60. The number of nitrogens with one attached hydrogen (secondary N) is 1. The lowest BCUT2D eigenvalue weighted by Crippen LogP contribution is -2.48. The zero-order valence-electron chi connectivity index (χ0n) is 23.3. The number of carbonyl (C=O) groups is 2. The molecule has 1 fully saturated rings. The van der Waals surface area contributed by atoms with Crippen molar-refractivity contribution in [3.63, 3.8) is 0 Å². The summed E-state index contributed by atoms with van der Waals surface area (Å²) in [6, 6.07) is 6.73. The molecule has 3 N–H and O–H groups in total. The Labute approximate surface area is 230 Å². The molecule has 0 atom stereocenters. The van der Waals surface area contributed by atoms with Gasteiger partial charge in [0.25, 0.3) is 0 Å². The smallest absolute Gasteiger partial charge is 0.417 e. The number of urea groups is 1. The summed E-state index contributed by atoms with van der Waals surface area (Å²) in [5.41, 5.74) is -1.16. The molecule has 8 nitrogen and oxygen atoms in total. The average molecular weight is 561 g/mol. The van der Waals surface area contributed by atoms with Crippen molar-refractivity contribution in [2.45, 2.75) is 71.1 Å². The lowest BCUT2D eigenvalue weighted by molar-refractivity contribution is -0.142. The molecule has 0 bridgehead atoms. The first-order valence-electron chi connectivity index (χ1n) is 13.2. The van der Waals surface area contributed by atoms with E-state index in [1.165, 1.54) is 15.6 Å². The van der Waals surface area contributed by atoms with Crippen molar-refractivity contribution in [1.82, 2.24) is 14.7 Å². The Kier molecular flexibility index (Phi) is 7.66. The second kappa shape index (κ2) is 10.4. The van der Waals surface area contributed by atoms with Crippen LogP contribution < -0.4 is 5.32 Å². The highest BCUT2D eigenvalue weighted by atomic mass is 19.4. The number of rotatable bonds is 6. The van der Waals surface area contributed by atoms with Crippen LogP contribution in [0.5, 0.6) is 0 Å². The first-order valence-corrected chi connectivity index (χ1v) is 13.2. The second-order valence-corrected chi connectivity index (χ2v) is 11.7. The van der Waals surface area contributed by atoms with Crippen LogP contribution in [-0.4, -0.2) is 55.6 Å². The molecule has 2 heterocycles. The Morgan fingerprint density at radius 3 is 2.30 bits per heavy atom. The van der Waals surface area contributed by atoms with Crippen LogP contribution in [0.4, 0.5) is 23.7 Å². The van der Waals surface area contributed by atoms with Crippen molar-refractivity contribution < 1.29 is 33.0 Å². The molecule has 40 heavy (non-hydrogen) atoms. The van der Waals surface area contributed by atoms with E-state index in [1.807, 2.05) is 13.8 Å². The highest BCUT2D eigenvalue weighted by Gasteiger charge is 2.36. The van der Waals surface area contributed by atoms with E-state index < -0.39 is 34.8 Å². The van der Waals surface area contributed by atoms with E-state index in [0.717, 1.165) is 12.3 Å². The third-order valence-corrected chi connectivity index (χ3v) is 7.68. The van der Waals surface area contributed by atoms with Gasteiger partial charge in [0.05, 0.1) is 34.0 Å². The highest BCUT2D eigenvalue weighted by molar-refractivity contribution is 5.94. The third kappa shape index (κ3) is 5.79. The summed E-state index contributed by atoms with van der Waals surface area (Å²) >= 11 is 0. The number of nitrogens with zero attached hydrogens (tertiary/aromatic N) is 3. The van der Waals surface area contributed by atoms with E-state index in [-0.39, 0.29) is 16.6 Å². The number of likely N-dealkylation sites (tertiary alicyclic amines) is 1.